The van der Waals surface area contributed by atoms with Crippen molar-refractivity contribution in [3.8, 4) is 0 Å². The van der Waals surface area contributed by atoms with Crippen LogP contribution in [-0.2, 0) is 17.7 Å². The van der Waals surface area contributed by atoms with Crippen LogP contribution >= 0.6 is 11.3 Å². The van der Waals surface area contributed by atoms with E-state index in [1.54, 1.807) is 16.2 Å². The number of fused-ring (bicyclic) bond motifs is 3. The molecule has 1 amide bonds. The number of hydrogen-bond acceptors (Lipinski definition) is 4. The van der Waals surface area contributed by atoms with Gasteiger partial charge in [-0.3, -0.25) is 9.80 Å². The first-order chi connectivity index (χ1) is 13.1. The molecule has 0 radical (unpaired) electrons. The summed E-state index contributed by atoms with van der Waals surface area (Å²) in [5.74, 6) is 0.520. The Kier molecular flexibility index (Phi) is 5.50. The van der Waals surface area contributed by atoms with E-state index in [1.165, 1.54) is 9.75 Å². The van der Waals surface area contributed by atoms with Gasteiger partial charge in [0.15, 0.2) is 0 Å². The van der Waals surface area contributed by atoms with Gasteiger partial charge >= 0.3 is 6.09 Å². The van der Waals surface area contributed by atoms with Crippen molar-refractivity contribution < 1.29 is 9.53 Å². The molecule has 0 unspecified atom stereocenters. The summed E-state index contributed by atoms with van der Waals surface area (Å²) in [5.41, 5.74) is 2.06. The maximum Gasteiger partial charge on any atom is 0.414 e. The molecule has 144 valence electrons. The number of piperidine rings is 3. The van der Waals surface area contributed by atoms with Gasteiger partial charge in [0.1, 0.15) is 6.10 Å². The minimum atomic E-state index is -0.217. The zero-order chi connectivity index (χ0) is 18.8. The van der Waals surface area contributed by atoms with Crippen molar-refractivity contribution in [1.82, 2.24) is 4.90 Å². The molecule has 0 saturated carbocycles. The van der Waals surface area contributed by atoms with Crippen molar-refractivity contribution in [2.24, 2.45) is 5.92 Å². The molecule has 5 heteroatoms. The second-order valence-electron chi connectivity index (χ2n) is 7.71. The fourth-order valence-corrected chi connectivity index (χ4v) is 5.09. The number of anilines is 1. The number of hydrogen-bond donors (Lipinski definition) is 0. The summed E-state index contributed by atoms with van der Waals surface area (Å²) in [6.07, 6.45) is 3.13. The van der Waals surface area contributed by atoms with Crippen LogP contribution in [0.25, 0.3) is 0 Å². The lowest BCUT2D eigenvalue weighted by Gasteiger charge is -2.44. The summed E-state index contributed by atoms with van der Waals surface area (Å²) in [5, 5.41) is 0. The molecule has 1 aromatic carbocycles. The zero-order valence-electron chi connectivity index (χ0n) is 16.2. The topological polar surface area (TPSA) is 32.8 Å². The SMILES string of the molecule is CCc1ccc(CN(C(=O)O[C@H]2CN3CCC2CC3)c2cccc(C)c2)s1. The van der Waals surface area contributed by atoms with Gasteiger partial charge in [0.2, 0.25) is 0 Å². The highest BCUT2D eigenvalue weighted by atomic mass is 32.1. The predicted octanol–water partition coefficient (Wildman–Crippen LogP) is 4.86. The predicted molar refractivity (Wildman–Crippen MR) is 110 cm³/mol. The molecule has 5 rings (SSSR count). The van der Waals surface area contributed by atoms with Gasteiger partial charge in [0.05, 0.1) is 6.54 Å². The Morgan fingerprint density at radius 1 is 1.22 bits per heavy atom. The van der Waals surface area contributed by atoms with Gasteiger partial charge in [-0.25, -0.2) is 4.79 Å². The number of carbonyl (C=O) groups excluding carboxylic acids is 1. The second kappa shape index (κ2) is 8.03. The van der Waals surface area contributed by atoms with E-state index in [9.17, 15) is 4.79 Å². The van der Waals surface area contributed by atoms with E-state index in [2.05, 4.69) is 43.0 Å². The van der Waals surface area contributed by atoms with E-state index in [-0.39, 0.29) is 12.2 Å². The number of rotatable bonds is 5. The van der Waals surface area contributed by atoms with Gasteiger partial charge < -0.3 is 4.74 Å². The number of thiophene rings is 1. The van der Waals surface area contributed by atoms with Crippen LogP contribution in [-0.4, -0.2) is 36.7 Å². The van der Waals surface area contributed by atoms with E-state index in [4.69, 9.17) is 4.74 Å². The summed E-state index contributed by atoms with van der Waals surface area (Å²) in [6.45, 7) is 7.96. The Balaban J connectivity index is 1.54. The van der Waals surface area contributed by atoms with E-state index >= 15 is 0 Å². The lowest BCUT2D eigenvalue weighted by Crippen LogP contribution is -2.53. The summed E-state index contributed by atoms with van der Waals surface area (Å²) in [6, 6.07) is 12.4. The fourth-order valence-electron chi connectivity index (χ4n) is 4.15. The molecule has 0 spiro atoms. The van der Waals surface area contributed by atoms with Crippen LogP contribution in [0.4, 0.5) is 10.5 Å². The highest BCUT2D eigenvalue weighted by Gasteiger charge is 2.37. The maximum atomic E-state index is 13.2. The highest BCUT2D eigenvalue weighted by molar-refractivity contribution is 7.12. The molecule has 3 aliphatic rings. The molecule has 3 saturated heterocycles. The van der Waals surface area contributed by atoms with Crippen LogP contribution < -0.4 is 4.90 Å². The first-order valence-electron chi connectivity index (χ1n) is 9.97. The third-order valence-corrected chi connectivity index (χ3v) is 6.98. The average molecular weight is 385 g/mol. The van der Waals surface area contributed by atoms with Gasteiger partial charge in [-0.05, 0) is 75.0 Å². The minimum Gasteiger partial charge on any atom is -0.444 e. The molecule has 4 heterocycles. The quantitative estimate of drug-likeness (QED) is 0.738. The Bertz CT molecular complexity index is 795. The molecule has 3 fully saturated rings. The van der Waals surface area contributed by atoms with Crippen LogP contribution in [0, 0.1) is 12.8 Å². The average Bonchev–Trinajstić information content (AvgIpc) is 3.15. The molecule has 2 bridgehead atoms. The monoisotopic (exact) mass is 384 g/mol. The molecule has 3 aliphatic heterocycles. The normalized spacial score (nSPS) is 24.0. The van der Waals surface area contributed by atoms with Crippen molar-refractivity contribution in [3.05, 3.63) is 51.7 Å². The molecule has 0 N–H and O–H groups in total. The lowest BCUT2D eigenvalue weighted by atomic mass is 9.86. The molecular weight excluding hydrogens is 356 g/mol. The molecule has 27 heavy (non-hydrogen) atoms. The van der Waals surface area contributed by atoms with Crippen LogP contribution in [0.2, 0.25) is 0 Å². The van der Waals surface area contributed by atoms with Gasteiger partial charge in [-0.2, -0.15) is 0 Å². The van der Waals surface area contributed by atoms with Crippen LogP contribution in [0.15, 0.2) is 36.4 Å². The summed E-state index contributed by atoms with van der Waals surface area (Å²) in [4.78, 5) is 19.9. The van der Waals surface area contributed by atoms with E-state index < -0.39 is 0 Å². The molecule has 1 atom stereocenters. The number of carbonyl (C=O) groups is 1. The Morgan fingerprint density at radius 2 is 2.00 bits per heavy atom. The van der Waals surface area contributed by atoms with Crippen LogP contribution in [0.3, 0.4) is 0 Å². The number of ether oxygens (including phenoxy) is 1. The number of aryl methyl sites for hydroxylation is 2. The molecule has 4 nitrogen and oxygen atoms in total. The van der Waals surface area contributed by atoms with Gasteiger partial charge in [-0.15, -0.1) is 11.3 Å². The van der Waals surface area contributed by atoms with Crippen LogP contribution in [0.1, 0.15) is 35.1 Å². The fraction of sp³-hybridized carbons (Fsp3) is 0.500. The lowest BCUT2D eigenvalue weighted by molar-refractivity contribution is -0.0311. The Labute approximate surface area is 165 Å². The van der Waals surface area contributed by atoms with Crippen molar-refractivity contribution in [2.75, 3.05) is 24.5 Å². The molecule has 2 aromatic rings. The van der Waals surface area contributed by atoms with Crippen LogP contribution in [0.5, 0.6) is 0 Å². The summed E-state index contributed by atoms with van der Waals surface area (Å²) >= 11 is 1.78. The van der Waals surface area contributed by atoms with Gasteiger partial charge in [0, 0.05) is 22.0 Å². The van der Waals surface area contributed by atoms with Crippen molar-refractivity contribution in [3.63, 3.8) is 0 Å². The van der Waals surface area contributed by atoms with Crippen molar-refractivity contribution in [1.29, 1.82) is 0 Å². The summed E-state index contributed by atoms with van der Waals surface area (Å²) in [7, 11) is 0. The first-order valence-corrected chi connectivity index (χ1v) is 10.8. The standard InChI is InChI=1S/C22H28N2O2S/c1-3-19-7-8-20(27-19)14-24(18-6-4-5-16(2)13-18)22(25)26-21-15-23-11-9-17(21)10-12-23/h4-8,13,17,21H,3,9-12,14-15H2,1-2H3/t21-/m0/s1. The number of benzene rings is 1. The Hall–Kier alpha value is -1.85. The summed E-state index contributed by atoms with van der Waals surface area (Å²) < 4.78 is 6.04. The smallest absolute Gasteiger partial charge is 0.414 e. The second-order valence-corrected chi connectivity index (χ2v) is 8.96. The number of amides is 1. The van der Waals surface area contributed by atoms with E-state index in [0.717, 1.165) is 50.1 Å². The van der Waals surface area contributed by atoms with Gasteiger partial charge in [0.25, 0.3) is 0 Å². The van der Waals surface area contributed by atoms with Crippen molar-refractivity contribution >= 4 is 23.1 Å². The van der Waals surface area contributed by atoms with Gasteiger partial charge in [-0.1, -0.05) is 19.1 Å². The zero-order valence-corrected chi connectivity index (χ0v) is 17.0. The first kappa shape index (κ1) is 18.5. The van der Waals surface area contributed by atoms with E-state index in [1.807, 2.05) is 12.1 Å². The molecular formula is C22H28N2O2S. The third kappa shape index (κ3) is 4.19. The minimum absolute atomic E-state index is 0.0295. The molecule has 1 aromatic heterocycles. The largest absolute Gasteiger partial charge is 0.444 e. The highest BCUT2D eigenvalue weighted by Crippen LogP contribution is 2.31. The Morgan fingerprint density at radius 3 is 2.63 bits per heavy atom. The maximum absolute atomic E-state index is 13.2. The van der Waals surface area contributed by atoms with E-state index in [0.29, 0.717) is 12.5 Å². The van der Waals surface area contributed by atoms with Crippen molar-refractivity contribution in [2.45, 2.75) is 45.8 Å². The third-order valence-electron chi connectivity index (χ3n) is 5.76. The number of nitrogens with zero attached hydrogens (tertiary/aromatic N) is 2. The molecule has 0 aliphatic carbocycles.